The summed E-state index contributed by atoms with van der Waals surface area (Å²) in [4.78, 5) is 24.6. The van der Waals surface area contributed by atoms with E-state index in [1.807, 2.05) is 0 Å². The Bertz CT molecular complexity index is 807. The van der Waals surface area contributed by atoms with Gasteiger partial charge in [-0.3, -0.25) is 9.59 Å². The third-order valence-corrected chi connectivity index (χ3v) is 4.40. The van der Waals surface area contributed by atoms with Gasteiger partial charge in [0.05, 0.1) is 5.02 Å². The fraction of sp³-hybridized carbons (Fsp3) is 0.222. The van der Waals surface area contributed by atoms with E-state index in [0.29, 0.717) is 6.42 Å². The highest BCUT2D eigenvalue weighted by molar-refractivity contribution is 6.32. The molecule has 2 aromatic rings. The molecule has 1 saturated heterocycles. The topological polar surface area (TPSA) is 98.7 Å². The number of rotatable bonds is 4. The minimum absolute atomic E-state index is 0.0310. The average molecular weight is 361 g/mol. The summed E-state index contributed by atoms with van der Waals surface area (Å²) < 4.78 is 0. The minimum Gasteiger partial charge on any atom is -0.508 e. The number of carbonyl (C=O) groups is 2. The van der Waals surface area contributed by atoms with Gasteiger partial charge < -0.3 is 20.8 Å². The molecule has 1 aliphatic rings. The molecule has 0 unspecified atom stereocenters. The summed E-state index contributed by atoms with van der Waals surface area (Å²) in [5.74, 6) is -0.417. The molecule has 0 aromatic heterocycles. The Morgan fingerprint density at radius 3 is 1.92 bits per heavy atom. The number of hydrogen-bond donors (Lipinski definition) is 4. The van der Waals surface area contributed by atoms with Crippen LogP contribution in [-0.2, 0) is 22.4 Å². The number of carbonyl (C=O) groups excluding carboxylic acids is 2. The zero-order valence-electron chi connectivity index (χ0n) is 13.2. The normalized spacial score (nSPS) is 20.0. The molecule has 4 N–H and O–H groups in total. The van der Waals surface area contributed by atoms with Crippen LogP contribution in [-0.4, -0.2) is 34.1 Å². The van der Waals surface area contributed by atoms with Crippen molar-refractivity contribution in [2.75, 3.05) is 0 Å². The summed E-state index contributed by atoms with van der Waals surface area (Å²) in [7, 11) is 0. The van der Waals surface area contributed by atoms with Gasteiger partial charge in [-0.05, 0) is 35.4 Å². The van der Waals surface area contributed by atoms with Gasteiger partial charge in [-0.2, -0.15) is 0 Å². The second-order valence-corrected chi connectivity index (χ2v) is 6.39. The lowest BCUT2D eigenvalue weighted by Crippen LogP contribution is -2.62. The molecule has 0 saturated carbocycles. The second kappa shape index (κ2) is 7.03. The average Bonchev–Trinajstić information content (AvgIpc) is 2.57. The summed E-state index contributed by atoms with van der Waals surface area (Å²) >= 11 is 5.87. The highest BCUT2D eigenvalue weighted by atomic mass is 35.5. The Kier molecular flexibility index (Phi) is 4.81. The summed E-state index contributed by atoms with van der Waals surface area (Å²) in [6.07, 6.45) is 0.624. The smallest absolute Gasteiger partial charge is 0.243 e. The molecule has 0 bridgehead atoms. The second-order valence-electron chi connectivity index (χ2n) is 5.98. The summed E-state index contributed by atoms with van der Waals surface area (Å²) in [6, 6.07) is 9.82. The first-order valence-electron chi connectivity index (χ1n) is 7.78. The van der Waals surface area contributed by atoms with Gasteiger partial charge in [0.2, 0.25) is 11.8 Å². The monoisotopic (exact) mass is 360 g/mol. The van der Waals surface area contributed by atoms with E-state index in [4.69, 9.17) is 11.6 Å². The Morgan fingerprint density at radius 2 is 1.36 bits per heavy atom. The summed E-state index contributed by atoms with van der Waals surface area (Å²) in [5.41, 5.74) is 1.57. The van der Waals surface area contributed by atoms with Gasteiger partial charge in [0.1, 0.15) is 23.6 Å². The first-order chi connectivity index (χ1) is 11.9. The van der Waals surface area contributed by atoms with E-state index < -0.39 is 12.1 Å². The Labute approximate surface area is 149 Å². The summed E-state index contributed by atoms with van der Waals surface area (Å²) in [6.45, 7) is 0. The summed E-state index contributed by atoms with van der Waals surface area (Å²) in [5, 5.41) is 24.4. The van der Waals surface area contributed by atoms with E-state index in [0.717, 1.165) is 11.1 Å². The molecular weight excluding hydrogens is 344 g/mol. The van der Waals surface area contributed by atoms with E-state index in [2.05, 4.69) is 10.6 Å². The van der Waals surface area contributed by atoms with Gasteiger partial charge in [0.15, 0.2) is 0 Å². The molecule has 2 aromatic carbocycles. The van der Waals surface area contributed by atoms with E-state index in [1.54, 1.807) is 24.3 Å². The van der Waals surface area contributed by atoms with Crippen molar-refractivity contribution in [3.05, 3.63) is 58.6 Å². The van der Waals surface area contributed by atoms with Crippen LogP contribution < -0.4 is 10.6 Å². The fourth-order valence-corrected chi connectivity index (χ4v) is 2.95. The predicted octanol–water partition coefficient (Wildman–Crippen LogP) is 1.52. The Balaban J connectivity index is 1.65. The largest absolute Gasteiger partial charge is 0.508 e. The predicted molar refractivity (Wildman–Crippen MR) is 92.5 cm³/mol. The molecule has 0 spiro atoms. The molecule has 130 valence electrons. The number of aromatic hydroxyl groups is 2. The van der Waals surface area contributed by atoms with Crippen LogP contribution in [0, 0.1) is 0 Å². The van der Waals surface area contributed by atoms with Gasteiger partial charge in [-0.25, -0.2) is 0 Å². The molecule has 1 aliphatic heterocycles. The maximum atomic E-state index is 12.3. The van der Waals surface area contributed by atoms with Crippen molar-refractivity contribution < 1.29 is 19.8 Å². The Hall–Kier alpha value is -2.73. The van der Waals surface area contributed by atoms with Crippen molar-refractivity contribution in [3.8, 4) is 11.5 Å². The standard InChI is InChI=1S/C18H17ClN2O4/c19-13-7-11(3-6-16(13)23)9-15-18(25)20-14(17(24)21-15)8-10-1-4-12(22)5-2-10/h1-7,14-15,22-23H,8-9H2,(H,20,25)(H,21,24)/t14-,15-/m0/s1. The molecular formula is C18H17ClN2O4. The molecule has 1 fully saturated rings. The van der Waals surface area contributed by atoms with Crippen molar-refractivity contribution in [2.24, 2.45) is 0 Å². The number of hydrogen-bond acceptors (Lipinski definition) is 4. The van der Waals surface area contributed by atoms with Crippen LogP contribution in [0.25, 0.3) is 0 Å². The number of halogens is 1. The van der Waals surface area contributed by atoms with Crippen LogP contribution in [0.15, 0.2) is 42.5 Å². The van der Waals surface area contributed by atoms with Crippen LogP contribution in [0.5, 0.6) is 11.5 Å². The highest BCUT2D eigenvalue weighted by Gasteiger charge is 2.33. The van der Waals surface area contributed by atoms with Crippen molar-refractivity contribution in [2.45, 2.75) is 24.9 Å². The van der Waals surface area contributed by atoms with Gasteiger partial charge in [0, 0.05) is 12.8 Å². The van der Waals surface area contributed by atoms with Crippen LogP contribution in [0.1, 0.15) is 11.1 Å². The number of piperazine rings is 1. The molecule has 2 atom stereocenters. The number of phenols is 2. The van der Waals surface area contributed by atoms with Crippen molar-refractivity contribution >= 4 is 23.4 Å². The SMILES string of the molecule is O=C1N[C@@H](Cc2ccc(O)c(Cl)c2)C(=O)N[C@H]1Cc1ccc(O)cc1. The van der Waals surface area contributed by atoms with Crippen LogP contribution >= 0.6 is 11.6 Å². The fourth-order valence-electron chi connectivity index (χ4n) is 2.74. The van der Waals surface area contributed by atoms with Crippen molar-refractivity contribution in [3.63, 3.8) is 0 Å². The van der Waals surface area contributed by atoms with E-state index in [1.165, 1.54) is 18.2 Å². The first-order valence-corrected chi connectivity index (χ1v) is 8.16. The first kappa shape index (κ1) is 17.1. The maximum absolute atomic E-state index is 12.3. The minimum atomic E-state index is -0.691. The van der Waals surface area contributed by atoms with Gasteiger partial charge in [-0.15, -0.1) is 0 Å². The van der Waals surface area contributed by atoms with E-state index in [-0.39, 0.29) is 34.8 Å². The zero-order chi connectivity index (χ0) is 18.0. The maximum Gasteiger partial charge on any atom is 0.243 e. The third-order valence-electron chi connectivity index (χ3n) is 4.09. The Morgan fingerprint density at radius 1 is 0.840 bits per heavy atom. The number of nitrogens with one attached hydrogen (secondary N) is 2. The van der Waals surface area contributed by atoms with Gasteiger partial charge in [0.25, 0.3) is 0 Å². The molecule has 3 rings (SSSR count). The molecule has 0 aliphatic carbocycles. The molecule has 0 radical (unpaired) electrons. The van der Waals surface area contributed by atoms with Crippen LogP contribution in [0.4, 0.5) is 0 Å². The number of benzene rings is 2. The van der Waals surface area contributed by atoms with Crippen molar-refractivity contribution in [1.29, 1.82) is 0 Å². The van der Waals surface area contributed by atoms with E-state index in [9.17, 15) is 19.8 Å². The lowest BCUT2D eigenvalue weighted by molar-refractivity contribution is -0.136. The number of amides is 2. The third kappa shape index (κ3) is 4.03. The zero-order valence-corrected chi connectivity index (χ0v) is 14.0. The van der Waals surface area contributed by atoms with Crippen LogP contribution in [0.2, 0.25) is 5.02 Å². The van der Waals surface area contributed by atoms with Gasteiger partial charge in [-0.1, -0.05) is 29.8 Å². The van der Waals surface area contributed by atoms with Crippen LogP contribution in [0.3, 0.4) is 0 Å². The molecule has 2 amide bonds. The molecule has 6 nitrogen and oxygen atoms in total. The lowest BCUT2D eigenvalue weighted by Gasteiger charge is -2.29. The molecule has 1 heterocycles. The molecule has 7 heteroatoms. The van der Waals surface area contributed by atoms with Gasteiger partial charge >= 0.3 is 0 Å². The van der Waals surface area contributed by atoms with Crippen molar-refractivity contribution in [1.82, 2.24) is 10.6 Å². The van der Waals surface area contributed by atoms with E-state index >= 15 is 0 Å². The highest BCUT2D eigenvalue weighted by Crippen LogP contribution is 2.24. The number of phenolic OH excluding ortho intramolecular Hbond substituents is 2. The molecule has 25 heavy (non-hydrogen) atoms. The quantitative estimate of drug-likeness (QED) is 0.664. The lowest BCUT2D eigenvalue weighted by atomic mass is 9.98.